The van der Waals surface area contributed by atoms with Crippen LogP contribution in [0.3, 0.4) is 0 Å². The van der Waals surface area contributed by atoms with Crippen molar-refractivity contribution in [1.82, 2.24) is 4.57 Å². The van der Waals surface area contributed by atoms with Crippen molar-refractivity contribution in [2.75, 3.05) is 13.2 Å². The number of esters is 1. The Morgan fingerprint density at radius 2 is 2.00 bits per heavy atom. The molecule has 2 saturated carbocycles. The van der Waals surface area contributed by atoms with Crippen LogP contribution in [0, 0.1) is 0 Å². The van der Waals surface area contributed by atoms with Crippen LogP contribution in [0.15, 0.2) is 29.1 Å². The number of nitrogens with zero attached hydrogens (tertiary/aromatic N) is 1. The molecule has 0 radical (unpaired) electrons. The van der Waals surface area contributed by atoms with Crippen molar-refractivity contribution in [3.63, 3.8) is 0 Å². The van der Waals surface area contributed by atoms with Crippen molar-refractivity contribution in [2.24, 2.45) is 7.05 Å². The molecule has 150 valence electrons. The van der Waals surface area contributed by atoms with Crippen molar-refractivity contribution in [2.45, 2.75) is 42.6 Å². The summed E-state index contributed by atoms with van der Waals surface area (Å²) in [6.45, 7) is 1.94. The molecular formula is C20H23NO6S. The lowest BCUT2D eigenvalue weighted by Crippen LogP contribution is -2.33. The van der Waals surface area contributed by atoms with Crippen molar-refractivity contribution in [1.29, 1.82) is 0 Å². The third kappa shape index (κ3) is 2.99. The van der Waals surface area contributed by atoms with E-state index >= 15 is 0 Å². The lowest BCUT2D eigenvalue weighted by Gasteiger charge is -2.19. The highest BCUT2D eigenvalue weighted by atomic mass is 32.2. The fourth-order valence-corrected chi connectivity index (χ4v) is 5.94. The minimum absolute atomic E-state index is 0.0380. The van der Waals surface area contributed by atoms with Gasteiger partial charge in [-0.05, 0) is 44.7 Å². The van der Waals surface area contributed by atoms with Crippen LogP contribution in [0.1, 0.15) is 43.0 Å². The van der Waals surface area contributed by atoms with E-state index in [2.05, 4.69) is 0 Å². The number of ether oxygens (including phenoxy) is 2. The van der Waals surface area contributed by atoms with E-state index in [1.54, 1.807) is 32.2 Å². The van der Waals surface area contributed by atoms with Gasteiger partial charge < -0.3 is 14.0 Å². The lowest BCUT2D eigenvalue weighted by molar-refractivity contribution is 0.0524. The molecule has 1 aromatic heterocycles. The number of pyridine rings is 1. The average molecular weight is 405 g/mol. The number of hydrogen-bond donors (Lipinski definition) is 0. The lowest BCUT2D eigenvalue weighted by atomic mass is 10.1. The van der Waals surface area contributed by atoms with E-state index < -0.39 is 26.1 Å². The first-order valence-electron chi connectivity index (χ1n) is 9.47. The number of carbonyl (C=O) groups excluding carboxylic acids is 1. The van der Waals surface area contributed by atoms with E-state index in [9.17, 15) is 18.0 Å². The Balaban J connectivity index is 1.68. The van der Waals surface area contributed by atoms with Gasteiger partial charge in [0.15, 0.2) is 9.84 Å². The molecule has 1 aromatic carbocycles. The summed E-state index contributed by atoms with van der Waals surface area (Å²) in [6, 6.07) is 6.74. The van der Waals surface area contributed by atoms with Crippen molar-refractivity contribution < 1.29 is 22.7 Å². The number of rotatable bonds is 7. The van der Waals surface area contributed by atoms with E-state index in [-0.39, 0.29) is 24.0 Å². The van der Waals surface area contributed by atoms with Crippen LogP contribution < -0.4 is 10.3 Å². The van der Waals surface area contributed by atoms with Crippen LogP contribution in [0.2, 0.25) is 0 Å². The van der Waals surface area contributed by atoms with Gasteiger partial charge in [0.25, 0.3) is 5.56 Å². The van der Waals surface area contributed by atoms with E-state index in [0.29, 0.717) is 29.5 Å². The molecule has 2 fully saturated rings. The van der Waals surface area contributed by atoms with Crippen molar-refractivity contribution >= 4 is 26.7 Å². The van der Waals surface area contributed by atoms with Crippen LogP contribution in [0.5, 0.6) is 5.75 Å². The Hall–Kier alpha value is -2.35. The summed E-state index contributed by atoms with van der Waals surface area (Å²) in [5.74, 6) is -0.228. The topological polar surface area (TPSA) is 91.7 Å². The average Bonchev–Trinajstić information content (AvgIpc) is 3.56. The van der Waals surface area contributed by atoms with E-state index in [4.69, 9.17) is 9.47 Å². The first-order chi connectivity index (χ1) is 13.3. The molecule has 0 aliphatic heterocycles. The van der Waals surface area contributed by atoms with Crippen molar-refractivity contribution in [3.05, 3.63) is 40.2 Å². The van der Waals surface area contributed by atoms with Gasteiger partial charge in [-0.3, -0.25) is 4.79 Å². The number of sulfone groups is 1. The second-order valence-electron chi connectivity index (χ2n) is 7.55. The predicted molar refractivity (Wildman–Crippen MR) is 105 cm³/mol. The van der Waals surface area contributed by atoms with Gasteiger partial charge in [-0.25, -0.2) is 13.2 Å². The standard InChI is InChI=1S/C20H23NO6S/c1-3-26-19(23)15-11-13-5-4-6-16(17(13)21(2)18(15)22)27-12-20(9-10-20)28(24,25)14-7-8-14/h4-6,11,14H,3,7-10,12H2,1-2H3. The molecule has 1 heterocycles. The molecule has 4 rings (SSSR count). The van der Waals surface area contributed by atoms with Crippen LogP contribution in [0.25, 0.3) is 10.9 Å². The maximum absolute atomic E-state index is 12.7. The van der Waals surface area contributed by atoms with Crippen LogP contribution in [-0.2, 0) is 21.6 Å². The van der Waals surface area contributed by atoms with E-state index in [0.717, 1.165) is 12.8 Å². The summed E-state index contributed by atoms with van der Waals surface area (Å²) in [6.07, 6.45) is 2.71. The molecule has 2 aliphatic carbocycles. The summed E-state index contributed by atoms with van der Waals surface area (Å²) in [7, 11) is -1.61. The van der Waals surface area contributed by atoms with Crippen LogP contribution in [-0.4, -0.2) is 42.2 Å². The SMILES string of the molecule is CCOC(=O)c1cc2cccc(OCC3(S(=O)(=O)C4CC4)CC3)c2n(C)c1=O. The monoisotopic (exact) mass is 405 g/mol. The van der Waals surface area contributed by atoms with Gasteiger partial charge in [-0.15, -0.1) is 0 Å². The quantitative estimate of drug-likeness (QED) is 0.656. The fraction of sp³-hybridized carbons (Fsp3) is 0.500. The third-order valence-corrected chi connectivity index (χ3v) is 8.64. The first-order valence-corrected chi connectivity index (χ1v) is 11.0. The molecule has 0 atom stereocenters. The number of aryl methyl sites for hydroxylation is 1. The van der Waals surface area contributed by atoms with E-state index in [1.807, 2.05) is 0 Å². The van der Waals surface area contributed by atoms with Crippen LogP contribution in [0.4, 0.5) is 0 Å². The number of fused-ring (bicyclic) bond motifs is 1. The highest BCUT2D eigenvalue weighted by Crippen LogP contribution is 2.50. The van der Waals surface area contributed by atoms with Gasteiger partial charge >= 0.3 is 5.97 Å². The van der Waals surface area contributed by atoms with Gasteiger partial charge in [0, 0.05) is 12.4 Å². The Bertz CT molecular complexity index is 1110. The largest absolute Gasteiger partial charge is 0.490 e. The summed E-state index contributed by atoms with van der Waals surface area (Å²) in [5, 5.41) is 0.431. The number of benzene rings is 1. The predicted octanol–water partition coefficient (Wildman–Crippen LogP) is 2.20. The zero-order valence-electron chi connectivity index (χ0n) is 15.9. The zero-order valence-corrected chi connectivity index (χ0v) is 16.8. The normalized spacial score (nSPS) is 18.1. The number of aromatic nitrogens is 1. The van der Waals surface area contributed by atoms with Gasteiger partial charge in [-0.2, -0.15) is 0 Å². The Labute approximate surface area is 163 Å². The molecule has 0 saturated heterocycles. The van der Waals surface area contributed by atoms with Gasteiger partial charge in [-0.1, -0.05) is 12.1 Å². The summed E-state index contributed by atoms with van der Waals surface area (Å²) >= 11 is 0. The van der Waals surface area contributed by atoms with Gasteiger partial charge in [0.05, 0.1) is 17.4 Å². The number of carbonyl (C=O) groups is 1. The Morgan fingerprint density at radius 3 is 2.61 bits per heavy atom. The first kappa shape index (κ1) is 19.0. The molecule has 0 unspecified atom stereocenters. The molecule has 0 amide bonds. The van der Waals surface area contributed by atoms with Gasteiger partial charge in [0.1, 0.15) is 22.7 Å². The minimum Gasteiger partial charge on any atom is -0.490 e. The molecule has 28 heavy (non-hydrogen) atoms. The number of hydrogen-bond acceptors (Lipinski definition) is 6. The maximum Gasteiger partial charge on any atom is 0.343 e. The van der Waals surface area contributed by atoms with Crippen molar-refractivity contribution in [3.8, 4) is 5.75 Å². The minimum atomic E-state index is -3.17. The molecule has 0 spiro atoms. The zero-order chi connectivity index (χ0) is 20.1. The molecule has 2 aliphatic rings. The third-order valence-electron chi connectivity index (χ3n) is 5.56. The Kier molecular flexibility index (Phi) is 4.49. The molecule has 8 heteroatoms. The molecular weight excluding hydrogens is 382 g/mol. The highest BCUT2D eigenvalue weighted by molar-refractivity contribution is 7.94. The molecule has 0 N–H and O–H groups in total. The van der Waals surface area contributed by atoms with Crippen LogP contribution >= 0.6 is 0 Å². The molecule has 0 bridgehead atoms. The molecule has 2 aromatic rings. The summed E-state index contributed by atoms with van der Waals surface area (Å²) < 4.78 is 36.8. The summed E-state index contributed by atoms with van der Waals surface area (Å²) in [4.78, 5) is 24.7. The maximum atomic E-state index is 12.7. The van der Waals surface area contributed by atoms with Gasteiger partial charge in [0.2, 0.25) is 0 Å². The van der Waals surface area contributed by atoms with E-state index in [1.165, 1.54) is 10.6 Å². The molecule has 7 nitrogen and oxygen atoms in total. The Morgan fingerprint density at radius 1 is 1.29 bits per heavy atom. The highest BCUT2D eigenvalue weighted by Gasteiger charge is 2.60. The number of para-hydroxylation sites is 1. The second-order valence-corrected chi connectivity index (χ2v) is 10.2. The smallest absolute Gasteiger partial charge is 0.343 e. The summed E-state index contributed by atoms with van der Waals surface area (Å²) in [5.41, 5.74) is 0.0119. The fourth-order valence-electron chi connectivity index (χ4n) is 3.58. The second kappa shape index (κ2) is 6.62.